The first-order chi connectivity index (χ1) is 10.2. The summed E-state index contributed by atoms with van der Waals surface area (Å²) in [6, 6.07) is 8.62. The van der Waals surface area contributed by atoms with Crippen LogP contribution in [0.1, 0.15) is 38.2 Å². The number of hydrogen-bond donors (Lipinski definition) is 3. The van der Waals surface area contributed by atoms with Crippen molar-refractivity contribution in [1.82, 2.24) is 10.6 Å². The molecule has 1 saturated carbocycles. The zero-order valence-corrected chi connectivity index (χ0v) is 16.8. The van der Waals surface area contributed by atoms with Gasteiger partial charge in [-0.05, 0) is 50.3 Å². The van der Waals surface area contributed by atoms with Gasteiger partial charge in [-0.2, -0.15) is 0 Å². The lowest BCUT2D eigenvalue weighted by molar-refractivity contribution is 0.120. The van der Waals surface area contributed by atoms with Crippen LogP contribution in [0.5, 0.6) is 0 Å². The molecule has 1 aliphatic carbocycles. The van der Waals surface area contributed by atoms with Crippen LogP contribution >= 0.6 is 39.9 Å². The molecule has 0 amide bonds. The van der Waals surface area contributed by atoms with E-state index in [-0.39, 0.29) is 30.1 Å². The predicted molar refractivity (Wildman–Crippen MR) is 106 cm³/mol. The third kappa shape index (κ3) is 6.83. The van der Waals surface area contributed by atoms with Gasteiger partial charge in [-0.3, -0.25) is 0 Å². The van der Waals surface area contributed by atoms with E-state index >= 15 is 0 Å². The molecule has 0 aromatic heterocycles. The van der Waals surface area contributed by atoms with E-state index in [2.05, 4.69) is 50.6 Å². The first-order valence-corrected chi connectivity index (χ1v) is 8.44. The maximum Gasteiger partial charge on any atom is 0.191 e. The van der Waals surface area contributed by atoms with Gasteiger partial charge < -0.3 is 15.7 Å². The van der Waals surface area contributed by atoms with Gasteiger partial charge in [-0.15, -0.1) is 24.0 Å². The minimum Gasteiger partial charge on any atom is -0.393 e. The van der Waals surface area contributed by atoms with Crippen LogP contribution in [0.3, 0.4) is 0 Å². The van der Waals surface area contributed by atoms with Crippen molar-refractivity contribution in [1.29, 1.82) is 0 Å². The van der Waals surface area contributed by atoms with Crippen LogP contribution in [0.2, 0.25) is 0 Å². The van der Waals surface area contributed by atoms with Crippen LogP contribution in [-0.2, 0) is 6.54 Å². The molecule has 4 nitrogen and oxygen atoms in total. The van der Waals surface area contributed by atoms with Gasteiger partial charge in [0.05, 0.1) is 12.6 Å². The summed E-state index contributed by atoms with van der Waals surface area (Å²) in [5, 5.41) is 16.3. The summed E-state index contributed by atoms with van der Waals surface area (Å²) in [4.78, 5) is 4.65. The Morgan fingerprint density at radius 3 is 2.68 bits per heavy atom. The molecular formula is C16H25BrIN3O. The third-order valence-corrected chi connectivity index (χ3v) is 4.18. The van der Waals surface area contributed by atoms with Crippen LogP contribution in [0.4, 0.5) is 0 Å². The molecule has 0 saturated heterocycles. The van der Waals surface area contributed by atoms with Gasteiger partial charge in [-0.1, -0.05) is 28.1 Å². The van der Waals surface area contributed by atoms with Crippen molar-refractivity contribution >= 4 is 45.9 Å². The lowest BCUT2D eigenvalue weighted by Crippen LogP contribution is -2.45. The quantitative estimate of drug-likeness (QED) is 0.351. The Morgan fingerprint density at radius 2 is 2.05 bits per heavy atom. The first-order valence-electron chi connectivity index (χ1n) is 7.64. The number of benzene rings is 1. The summed E-state index contributed by atoms with van der Waals surface area (Å²) in [6.07, 6.45) is 3.64. The fourth-order valence-electron chi connectivity index (χ4n) is 2.54. The van der Waals surface area contributed by atoms with E-state index < -0.39 is 0 Å². The van der Waals surface area contributed by atoms with Crippen LogP contribution in [-0.4, -0.2) is 29.8 Å². The van der Waals surface area contributed by atoms with Crippen molar-refractivity contribution in [3.8, 4) is 0 Å². The summed E-state index contributed by atoms with van der Waals surface area (Å²) in [6.45, 7) is 3.57. The highest BCUT2D eigenvalue weighted by Crippen LogP contribution is 2.18. The van der Waals surface area contributed by atoms with Gasteiger partial charge >= 0.3 is 0 Å². The molecule has 22 heavy (non-hydrogen) atoms. The molecule has 0 heterocycles. The summed E-state index contributed by atoms with van der Waals surface area (Å²) in [5.74, 6) is 0.860. The monoisotopic (exact) mass is 481 g/mol. The molecule has 6 heteroatoms. The summed E-state index contributed by atoms with van der Waals surface area (Å²) in [5.41, 5.74) is 1.18. The average molecular weight is 482 g/mol. The Morgan fingerprint density at radius 1 is 1.32 bits per heavy atom. The third-order valence-electron chi connectivity index (χ3n) is 3.69. The molecule has 0 atom stereocenters. The number of rotatable bonds is 4. The molecule has 0 aliphatic heterocycles. The van der Waals surface area contributed by atoms with Crippen molar-refractivity contribution in [2.45, 2.75) is 51.3 Å². The maximum atomic E-state index is 9.56. The summed E-state index contributed by atoms with van der Waals surface area (Å²) < 4.78 is 1.08. The number of aliphatic hydroxyl groups excluding tert-OH is 1. The number of guanidine groups is 1. The Kier molecular flexibility index (Phi) is 9.35. The largest absolute Gasteiger partial charge is 0.393 e. The highest BCUT2D eigenvalue weighted by molar-refractivity contribution is 14.0. The molecular weight excluding hydrogens is 457 g/mol. The normalized spacial score (nSPS) is 21.9. The Labute approximate surface area is 158 Å². The van der Waals surface area contributed by atoms with Crippen molar-refractivity contribution in [3.05, 3.63) is 34.3 Å². The highest BCUT2D eigenvalue weighted by atomic mass is 127. The molecule has 0 radical (unpaired) electrons. The number of nitrogens with one attached hydrogen (secondary N) is 2. The molecule has 124 valence electrons. The van der Waals surface area contributed by atoms with Crippen LogP contribution in [0, 0.1) is 0 Å². The zero-order chi connectivity index (χ0) is 15.1. The molecule has 0 bridgehead atoms. The Bertz CT molecular complexity index is 476. The van der Waals surface area contributed by atoms with E-state index in [0.717, 1.165) is 42.7 Å². The van der Waals surface area contributed by atoms with Crippen molar-refractivity contribution in [3.63, 3.8) is 0 Å². The van der Waals surface area contributed by atoms with E-state index in [1.807, 2.05) is 12.1 Å². The zero-order valence-electron chi connectivity index (χ0n) is 12.9. The summed E-state index contributed by atoms with van der Waals surface area (Å²) in [7, 11) is 0. The average Bonchev–Trinajstić information content (AvgIpc) is 2.47. The van der Waals surface area contributed by atoms with Gasteiger partial charge in [0.2, 0.25) is 0 Å². The lowest BCUT2D eigenvalue weighted by Gasteiger charge is -2.27. The number of aliphatic hydroxyl groups is 1. The molecule has 0 spiro atoms. The van der Waals surface area contributed by atoms with E-state index in [0.29, 0.717) is 12.6 Å². The van der Waals surface area contributed by atoms with Gasteiger partial charge in [0.1, 0.15) is 0 Å². The second kappa shape index (κ2) is 10.4. The van der Waals surface area contributed by atoms with E-state index in [4.69, 9.17) is 0 Å². The first kappa shape index (κ1) is 19.7. The van der Waals surface area contributed by atoms with Crippen molar-refractivity contribution in [2.75, 3.05) is 6.54 Å². The van der Waals surface area contributed by atoms with Crippen LogP contribution < -0.4 is 10.6 Å². The van der Waals surface area contributed by atoms with Crippen molar-refractivity contribution in [2.24, 2.45) is 4.99 Å². The molecule has 1 aromatic carbocycles. The molecule has 2 rings (SSSR count). The number of hydrogen-bond acceptors (Lipinski definition) is 2. The van der Waals surface area contributed by atoms with E-state index in [1.54, 1.807) is 0 Å². The maximum absolute atomic E-state index is 9.56. The fourth-order valence-corrected chi connectivity index (χ4v) is 2.99. The topological polar surface area (TPSA) is 56.7 Å². The van der Waals surface area contributed by atoms with Crippen LogP contribution in [0.25, 0.3) is 0 Å². The predicted octanol–water partition coefficient (Wildman–Crippen LogP) is 3.43. The SMILES string of the molecule is CCNC(=NCc1cccc(Br)c1)NC1CCC(O)CC1.I. The van der Waals surface area contributed by atoms with Gasteiger partial charge in [0, 0.05) is 17.1 Å². The van der Waals surface area contributed by atoms with Gasteiger partial charge in [-0.25, -0.2) is 4.99 Å². The lowest BCUT2D eigenvalue weighted by atomic mass is 9.93. The highest BCUT2D eigenvalue weighted by Gasteiger charge is 2.19. The molecule has 1 aliphatic rings. The smallest absolute Gasteiger partial charge is 0.191 e. The van der Waals surface area contributed by atoms with Crippen LogP contribution in [0.15, 0.2) is 33.7 Å². The van der Waals surface area contributed by atoms with E-state index in [9.17, 15) is 5.11 Å². The molecule has 0 unspecified atom stereocenters. The van der Waals surface area contributed by atoms with E-state index in [1.165, 1.54) is 5.56 Å². The second-order valence-corrected chi connectivity index (χ2v) is 6.39. The van der Waals surface area contributed by atoms with Gasteiger partial charge in [0.15, 0.2) is 5.96 Å². The fraction of sp³-hybridized carbons (Fsp3) is 0.562. The number of nitrogens with zero attached hydrogens (tertiary/aromatic N) is 1. The summed E-state index contributed by atoms with van der Waals surface area (Å²) >= 11 is 3.48. The molecule has 3 N–H and O–H groups in total. The Balaban J connectivity index is 0.00000242. The minimum atomic E-state index is -0.121. The standard InChI is InChI=1S/C16H24BrN3O.HI/c1-2-18-16(20-14-6-8-15(21)9-7-14)19-11-12-4-3-5-13(17)10-12;/h3-5,10,14-15,21H,2,6-9,11H2,1H3,(H2,18,19,20);1H. The van der Waals surface area contributed by atoms with Gasteiger partial charge in [0.25, 0.3) is 0 Å². The molecule has 1 aromatic rings. The number of aliphatic imine (C=N–C) groups is 1. The molecule has 1 fully saturated rings. The second-order valence-electron chi connectivity index (χ2n) is 5.47. The minimum absolute atomic E-state index is 0. The number of halogens is 2. The Hall–Kier alpha value is -0.340. The van der Waals surface area contributed by atoms with Crippen molar-refractivity contribution < 1.29 is 5.11 Å².